The van der Waals surface area contributed by atoms with E-state index in [9.17, 15) is 9.59 Å². The monoisotopic (exact) mass is 508 g/mol. The molecule has 2 rings (SSSR count). The Bertz CT molecular complexity index is 861. The Morgan fingerprint density at radius 2 is 1.87 bits per heavy atom. The second kappa shape index (κ2) is 12.7. The summed E-state index contributed by atoms with van der Waals surface area (Å²) in [7, 11) is 0. The SMILES string of the molecule is CC[C@H](C(=O)NCC(C)C)N(CCc1ccccc1)C(=O)COc1ccc(Cl)cc1Br. The van der Waals surface area contributed by atoms with Crippen molar-refractivity contribution in [2.24, 2.45) is 5.92 Å². The molecule has 0 fully saturated rings. The van der Waals surface area contributed by atoms with Gasteiger partial charge >= 0.3 is 0 Å². The second-order valence-corrected chi connectivity index (χ2v) is 9.04. The number of rotatable bonds is 11. The molecular formula is C24H30BrClN2O3. The molecule has 0 aliphatic rings. The lowest BCUT2D eigenvalue weighted by Gasteiger charge is -2.30. The number of hydrogen-bond donors (Lipinski definition) is 1. The first-order valence-corrected chi connectivity index (χ1v) is 11.7. The summed E-state index contributed by atoms with van der Waals surface area (Å²) in [6.07, 6.45) is 1.18. The average molecular weight is 510 g/mol. The minimum Gasteiger partial charge on any atom is -0.483 e. The lowest BCUT2D eigenvalue weighted by molar-refractivity contribution is -0.142. The van der Waals surface area contributed by atoms with Crippen LogP contribution in [0.3, 0.4) is 0 Å². The summed E-state index contributed by atoms with van der Waals surface area (Å²) >= 11 is 9.37. The first-order valence-electron chi connectivity index (χ1n) is 10.5. The zero-order chi connectivity index (χ0) is 22.8. The molecule has 0 saturated carbocycles. The lowest BCUT2D eigenvalue weighted by Crippen LogP contribution is -2.51. The zero-order valence-corrected chi connectivity index (χ0v) is 20.6. The average Bonchev–Trinajstić information content (AvgIpc) is 2.74. The smallest absolute Gasteiger partial charge is 0.261 e. The molecule has 0 saturated heterocycles. The first-order chi connectivity index (χ1) is 14.8. The van der Waals surface area contributed by atoms with Gasteiger partial charge in [-0.1, -0.05) is 62.7 Å². The highest BCUT2D eigenvalue weighted by Crippen LogP contribution is 2.28. The van der Waals surface area contributed by atoms with Crippen LogP contribution in [0, 0.1) is 5.92 Å². The fourth-order valence-corrected chi connectivity index (χ4v) is 3.93. The molecule has 1 atom stereocenters. The van der Waals surface area contributed by atoms with Gasteiger partial charge in [-0.05, 0) is 58.5 Å². The van der Waals surface area contributed by atoms with Gasteiger partial charge in [0.15, 0.2) is 6.61 Å². The van der Waals surface area contributed by atoms with E-state index in [0.29, 0.717) is 47.1 Å². The van der Waals surface area contributed by atoms with E-state index in [0.717, 1.165) is 5.56 Å². The maximum absolute atomic E-state index is 13.1. The van der Waals surface area contributed by atoms with Crippen LogP contribution in [0.2, 0.25) is 5.02 Å². The molecule has 0 spiro atoms. The maximum atomic E-state index is 13.1. The zero-order valence-electron chi connectivity index (χ0n) is 18.2. The minimum absolute atomic E-state index is 0.134. The van der Waals surface area contributed by atoms with Crippen LogP contribution in [-0.4, -0.2) is 42.5 Å². The molecule has 2 aromatic rings. The molecule has 0 radical (unpaired) electrons. The van der Waals surface area contributed by atoms with Gasteiger partial charge in [-0.3, -0.25) is 9.59 Å². The third-order valence-corrected chi connectivity index (χ3v) is 5.65. The normalized spacial score (nSPS) is 11.8. The van der Waals surface area contributed by atoms with Crippen molar-refractivity contribution in [1.29, 1.82) is 0 Å². The van der Waals surface area contributed by atoms with Crippen LogP contribution in [0.1, 0.15) is 32.8 Å². The molecular weight excluding hydrogens is 480 g/mol. The van der Waals surface area contributed by atoms with E-state index in [1.807, 2.05) is 51.1 Å². The van der Waals surface area contributed by atoms with Crippen molar-refractivity contribution in [2.75, 3.05) is 19.7 Å². The number of nitrogens with one attached hydrogen (secondary N) is 1. The van der Waals surface area contributed by atoms with E-state index in [2.05, 4.69) is 21.2 Å². The summed E-state index contributed by atoms with van der Waals surface area (Å²) in [6.45, 7) is 6.84. The molecule has 0 heterocycles. The molecule has 7 heteroatoms. The standard InChI is InChI=1S/C24H30BrClN2O3/c1-4-21(24(30)27-15-17(2)3)28(13-12-18-8-6-5-7-9-18)23(29)16-31-22-11-10-19(26)14-20(22)25/h5-11,14,17,21H,4,12-13,15-16H2,1-3H3,(H,27,30)/t21-/m1/s1. The van der Waals surface area contributed by atoms with Gasteiger partial charge in [0.1, 0.15) is 11.8 Å². The van der Waals surface area contributed by atoms with Crippen molar-refractivity contribution < 1.29 is 14.3 Å². The number of nitrogens with zero attached hydrogens (tertiary/aromatic N) is 1. The van der Waals surface area contributed by atoms with Crippen molar-refractivity contribution >= 4 is 39.3 Å². The number of benzene rings is 2. The fraction of sp³-hybridized carbons (Fsp3) is 0.417. The third-order valence-electron chi connectivity index (χ3n) is 4.80. The Morgan fingerprint density at radius 1 is 1.16 bits per heavy atom. The van der Waals surface area contributed by atoms with Gasteiger partial charge in [0.25, 0.3) is 5.91 Å². The van der Waals surface area contributed by atoms with Gasteiger partial charge in [0, 0.05) is 18.1 Å². The summed E-state index contributed by atoms with van der Waals surface area (Å²) in [5.74, 6) is 0.494. The Kier molecular flexibility index (Phi) is 10.3. The van der Waals surface area contributed by atoms with Crippen LogP contribution in [0.25, 0.3) is 0 Å². The second-order valence-electron chi connectivity index (χ2n) is 7.75. The van der Waals surface area contributed by atoms with Gasteiger partial charge in [0.05, 0.1) is 4.47 Å². The molecule has 31 heavy (non-hydrogen) atoms. The number of carbonyl (C=O) groups excluding carboxylic acids is 2. The summed E-state index contributed by atoms with van der Waals surface area (Å²) in [6, 6.07) is 14.5. The highest BCUT2D eigenvalue weighted by Gasteiger charge is 2.28. The number of halogens is 2. The molecule has 168 valence electrons. The number of hydrogen-bond acceptors (Lipinski definition) is 3. The molecule has 0 bridgehead atoms. The van der Waals surface area contributed by atoms with Crippen molar-refractivity contribution in [3.05, 3.63) is 63.6 Å². The van der Waals surface area contributed by atoms with Crippen molar-refractivity contribution in [3.63, 3.8) is 0 Å². The molecule has 0 aromatic heterocycles. The maximum Gasteiger partial charge on any atom is 0.261 e. The molecule has 0 aliphatic carbocycles. The van der Waals surface area contributed by atoms with Crippen LogP contribution < -0.4 is 10.1 Å². The molecule has 5 nitrogen and oxygen atoms in total. The summed E-state index contributed by atoms with van der Waals surface area (Å²) in [5, 5.41) is 3.53. The van der Waals surface area contributed by atoms with Gasteiger partial charge < -0.3 is 15.0 Å². The highest BCUT2D eigenvalue weighted by atomic mass is 79.9. The van der Waals surface area contributed by atoms with Crippen LogP contribution in [-0.2, 0) is 16.0 Å². The topological polar surface area (TPSA) is 58.6 Å². The quantitative estimate of drug-likeness (QED) is 0.458. The van der Waals surface area contributed by atoms with E-state index in [4.69, 9.17) is 16.3 Å². The van der Waals surface area contributed by atoms with Crippen molar-refractivity contribution in [1.82, 2.24) is 10.2 Å². The predicted molar refractivity (Wildman–Crippen MR) is 128 cm³/mol. The van der Waals surface area contributed by atoms with Crippen LogP contribution in [0.15, 0.2) is 53.0 Å². The van der Waals surface area contributed by atoms with Gasteiger partial charge in [-0.2, -0.15) is 0 Å². The van der Waals surface area contributed by atoms with E-state index in [-0.39, 0.29) is 18.4 Å². The van der Waals surface area contributed by atoms with Gasteiger partial charge in [0.2, 0.25) is 5.91 Å². The summed E-state index contributed by atoms with van der Waals surface area (Å²) in [5.41, 5.74) is 1.11. The van der Waals surface area contributed by atoms with Crippen molar-refractivity contribution in [3.8, 4) is 5.75 Å². The van der Waals surface area contributed by atoms with E-state index < -0.39 is 6.04 Å². The number of amides is 2. The fourth-order valence-electron chi connectivity index (χ4n) is 3.13. The minimum atomic E-state index is -0.549. The van der Waals surface area contributed by atoms with E-state index >= 15 is 0 Å². The Labute approximate surface area is 198 Å². The largest absolute Gasteiger partial charge is 0.483 e. The third kappa shape index (κ3) is 8.19. The first kappa shape index (κ1) is 25.2. The predicted octanol–water partition coefficient (Wildman–Crippen LogP) is 5.10. The van der Waals surface area contributed by atoms with Crippen LogP contribution >= 0.6 is 27.5 Å². The molecule has 1 N–H and O–H groups in total. The molecule has 2 aromatic carbocycles. The van der Waals surface area contributed by atoms with E-state index in [1.54, 1.807) is 23.1 Å². The summed E-state index contributed by atoms with van der Waals surface area (Å²) in [4.78, 5) is 27.6. The number of ether oxygens (including phenoxy) is 1. The Balaban J connectivity index is 2.13. The Hall–Kier alpha value is -2.05. The molecule has 2 amide bonds. The van der Waals surface area contributed by atoms with Crippen LogP contribution in [0.4, 0.5) is 0 Å². The summed E-state index contributed by atoms with van der Waals surface area (Å²) < 4.78 is 6.40. The lowest BCUT2D eigenvalue weighted by atomic mass is 10.1. The van der Waals surface area contributed by atoms with Gasteiger partial charge in [-0.25, -0.2) is 0 Å². The number of carbonyl (C=O) groups is 2. The van der Waals surface area contributed by atoms with Crippen molar-refractivity contribution in [2.45, 2.75) is 39.7 Å². The molecule has 0 unspecified atom stereocenters. The highest BCUT2D eigenvalue weighted by molar-refractivity contribution is 9.10. The van der Waals surface area contributed by atoms with Gasteiger partial charge in [-0.15, -0.1) is 0 Å². The Morgan fingerprint density at radius 3 is 2.48 bits per heavy atom. The molecule has 0 aliphatic heterocycles. The van der Waals surface area contributed by atoms with E-state index in [1.165, 1.54) is 0 Å². The van der Waals surface area contributed by atoms with Crippen LogP contribution in [0.5, 0.6) is 5.75 Å².